The van der Waals surface area contributed by atoms with Crippen LogP contribution in [-0.4, -0.2) is 11.3 Å². The molecule has 0 atom stereocenters. The smallest absolute Gasteiger partial charge is 0.406 e. The Morgan fingerprint density at radius 2 is 1.79 bits per heavy atom. The molecule has 0 saturated heterocycles. The number of alkyl halides is 3. The van der Waals surface area contributed by atoms with Gasteiger partial charge < -0.3 is 9.72 Å². The maximum absolute atomic E-state index is 12.0. The lowest BCUT2D eigenvalue weighted by molar-refractivity contribution is -0.274. The molecule has 1 heterocycles. The van der Waals surface area contributed by atoms with Crippen LogP contribution in [0.15, 0.2) is 41.3 Å². The third-order valence-electron chi connectivity index (χ3n) is 2.53. The fourth-order valence-electron chi connectivity index (χ4n) is 1.69. The minimum absolute atomic E-state index is 0.267. The van der Waals surface area contributed by atoms with Crippen molar-refractivity contribution in [1.29, 1.82) is 0 Å². The van der Waals surface area contributed by atoms with Crippen LogP contribution in [0.5, 0.6) is 5.75 Å². The molecule has 19 heavy (non-hydrogen) atoms. The molecular formula is C13H10F3NO2. The van der Waals surface area contributed by atoms with E-state index in [1.807, 2.05) is 0 Å². The lowest BCUT2D eigenvalue weighted by Gasteiger charge is -2.10. The van der Waals surface area contributed by atoms with Crippen LogP contribution in [0.4, 0.5) is 13.2 Å². The van der Waals surface area contributed by atoms with E-state index in [4.69, 9.17) is 0 Å². The lowest BCUT2D eigenvalue weighted by Crippen LogP contribution is -2.16. The van der Waals surface area contributed by atoms with Crippen LogP contribution < -0.4 is 10.3 Å². The zero-order chi connectivity index (χ0) is 14.0. The normalized spacial score (nSPS) is 11.4. The number of aryl methyl sites for hydroxylation is 1. The molecule has 2 rings (SSSR count). The van der Waals surface area contributed by atoms with Gasteiger partial charge in [-0.3, -0.25) is 4.79 Å². The van der Waals surface area contributed by atoms with Gasteiger partial charge in [-0.15, -0.1) is 13.2 Å². The number of rotatable bonds is 2. The van der Waals surface area contributed by atoms with E-state index < -0.39 is 6.36 Å². The zero-order valence-corrected chi connectivity index (χ0v) is 9.91. The number of halogens is 3. The molecule has 0 saturated carbocycles. The van der Waals surface area contributed by atoms with E-state index in [-0.39, 0.29) is 11.3 Å². The van der Waals surface area contributed by atoms with Crippen molar-refractivity contribution >= 4 is 0 Å². The Morgan fingerprint density at radius 3 is 2.37 bits per heavy atom. The van der Waals surface area contributed by atoms with Crippen molar-refractivity contribution in [3.8, 4) is 16.9 Å². The van der Waals surface area contributed by atoms with Crippen molar-refractivity contribution in [2.75, 3.05) is 0 Å². The lowest BCUT2D eigenvalue weighted by atomic mass is 10.0. The fourth-order valence-corrected chi connectivity index (χ4v) is 1.69. The molecule has 0 unspecified atom stereocenters. The van der Waals surface area contributed by atoms with Crippen LogP contribution >= 0.6 is 0 Å². The van der Waals surface area contributed by atoms with Gasteiger partial charge in [0.1, 0.15) is 5.75 Å². The summed E-state index contributed by atoms with van der Waals surface area (Å²) in [6, 6.07) is 6.77. The molecule has 0 fully saturated rings. The summed E-state index contributed by atoms with van der Waals surface area (Å²) in [5.74, 6) is -0.293. The Labute approximate surface area is 106 Å². The Balaban J connectivity index is 2.32. The maximum atomic E-state index is 12.0. The molecule has 3 nitrogen and oxygen atoms in total. The topological polar surface area (TPSA) is 42.1 Å². The number of hydrogen-bond acceptors (Lipinski definition) is 2. The molecule has 0 spiro atoms. The van der Waals surface area contributed by atoms with Crippen LogP contribution in [0, 0.1) is 6.92 Å². The average Bonchev–Trinajstić information content (AvgIpc) is 2.31. The molecule has 2 aromatic rings. The Hall–Kier alpha value is -2.24. The van der Waals surface area contributed by atoms with Gasteiger partial charge in [0.25, 0.3) is 0 Å². The van der Waals surface area contributed by atoms with Crippen molar-refractivity contribution in [2.45, 2.75) is 13.3 Å². The molecule has 0 amide bonds. The molecule has 6 heteroatoms. The van der Waals surface area contributed by atoms with Crippen molar-refractivity contribution in [3.63, 3.8) is 0 Å². The standard InChI is InChI=1S/C13H10F3NO2/c1-8-7-17-12(18)6-11(8)9-2-4-10(5-3-9)19-13(14,15)16/h2-7H,1H3,(H,17,18). The predicted octanol–water partition coefficient (Wildman–Crippen LogP) is 3.25. The van der Waals surface area contributed by atoms with E-state index in [1.54, 1.807) is 13.1 Å². The number of H-pyrrole nitrogens is 1. The van der Waals surface area contributed by atoms with Crippen molar-refractivity contribution < 1.29 is 17.9 Å². The van der Waals surface area contributed by atoms with Crippen LogP contribution in [0.25, 0.3) is 11.1 Å². The quantitative estimate of drug-likeness (QED) is 0.909. The monoisotopic (exact) mass is 269 g/mol. The van der Waals surface area contributed by atoms with Gasteiger partial charge in [0.15, 0.2) is 0 Å². The van der Waals surface area contributed by atoms with E-state index in [9.17, 15) is 18.0 Å². The summed E-state index contributed by atoms with van der Waals surface area (Å²) in [4.78, 5) is 13.8. The zero-order valence-electron chi connectivity index (χ0n) is 9.91. The van der Waals surface area contributed by atoms with E-state index in [1.165, 1.54) is 30.3 Å². The SMILES string of the molecule is Cc1c[nH]c(=O)cc1-c1ccc(OC(F)(F)F)cc1. The number of ether oxygens (including phenoxy) is 1. The molecule has 0 bridgehead atoms. The van der Waals surface area contributed by atoms with E-state index in [0.717, 1.165) is 5.56 Å². The molecule has 1 aromatic heterocycles. The number of aromatic nitrogens is 1. The first kappa shape index (κ1) is 13.2. The average molecular weight is 269 g/mol. The van der Waals surface area contributed by atoms with Gasteiger partial charge in [-0.25, -0.2) is 0 Å². The highest BCUT2D eigenvalue weighted by atomic mass is 19.4. The van der Waals surface area contributed by atoms with Crippen LogP contribution in [0.3, 0.4) is 0 Å². The summed E-state index contributed by atoms with van der Waals surface area (Å²) in [5, 5.41) is 0. The van der Waals surface area contributed by atoms with Crippen molar-refractivity contribution in [2.24, 2.45) is 0 Å². The van der Waals surface area contributed by atoms with Gasteiger partial charge in [0.2, 0.25) is 5.56 Å². The summed E-state index contributed by atoms with van der Waals surface area (Å²) >= 11 is 0. The first-order valence-corrected chi connectivity index (χ1v) is 5.41. The molecule has 0 aliphatic rings. The third-order valence-corrected chi connectivity index (χ3v) is 2.53. The third kappa shape index (κ3) is 3.37. The van der Waals surface area contributed by atoms with E-state index >= 15 is 0 Å². The molecule has 0 aliphatic carbocycles. The summed E-state index contributed by atoms with van der Waals surface area (Å²) in [7, 11) is 0. The number of pyridine rings is 1. The molecule has 0 aliphatic heterocycles. The largest absolute Gasteiger partial charge is 0.573 e. The minimum Gasteiger partial charge on any atom is -0.406 e. The number of hydrogen-bond donors (Lipinski definition) is 1. The van der Waals surface area contributed by atoms with Gasteiger partial charge in [-0.05, 0) is 35.7 Å². The van der Waals surface area contributed by atoms with Crippen LogP contribution in [-0.2, 0) is 0 Å². The number of benzene rings is 1. The maximum Gasteiger partial charge on any atom is 0.573 e. The molecule has 100 valence electrons. The van der Waals surface area contributed by atoms with Crippen molar-refractivity contribution in [3.05, 3.63) is 52.4 Å². The highest BCUT2D eigenvalue weighted by Gasteiger charge is 2.30. The highest BCUT2D eigenvalue weighted by Crippen LogP contribution is 2.27. The van der Waals surface area contributed by atoms with Crippen molar-refractivity contribution in [1.82, 2.24) is 4.98 Å². The second-order valence-electron chi connectivity index (χ2n) is 3.97. The summed E-state index contributed by atoms with van der Waals surface area (Å²) in [6.07, 6.45) is -3.15. The number of nitrogens with one attached hydrogen (secondary N) is 1. The molecule has 1 N–H and O–H groups in total. The minimum atomic E-state index is -4.71. The predicted molar refractivity (Wildman–Crippen MR) is 63.9 cm³/mol. The summed E-state index contributed by atoms with van der Waals surface area (Å²) < 4.78 is 39.8. The van der Waals surface area contributed by atoms with Gasteiger partial charge >= 0.3 is 6.36 Å². The first-order chi connectivity index (χ1) is 8.85. The Morgan fingerprint density at radius 1 is 1.16 bits per heavy atom. The summed E-state index contributed by atoms with van der Waals surface area (Å²) in [5.41, 5.74) is 1.88. The fraction of sp³-hybridized carbons (Fsp3) is 0.154. The van der Waals surface area contributed by atoms with Gasteiger partial charge in [0.05, 0.1) is 0 Å². The number of aromatic amines is 1. The second kappa shape index (κ2) is 4.79. The van der Waals surface area contributed by atoms with Crippen LogP contribution in [0.1, 0.15) is 5.56 Å². The van der Waals surface area contributed by atoms with E-state index in [2.05, 4.69) is 9.72 Å². The Kier molecular flexibility index (Phi) is 3.33. The molecule has 0 radical (unpaired) electrons. The highest BCUT2D eigenvalue weighted by molar-refractivity contribution is 5.66. The Bertz CT molecular complexity index is 630. The second-order valence-corrected chi connectivity index (χ2v) is 3.97. The first-order valence-electron chi connectivity index (χ1n) is 5.41. The van der Waals surface area contributed by atoms with Gasteiger partial charge in [-0.1, -0.05) is 12.1 Å². The van der Waals surface area contributed by atoms with Gasteiger partial charge in [0, 0.05) is 12.3 Å². The molecule has 1 aromatic carbocycles. The van der Waals surface area contributed by atoms with Gasteiger partial charge in [-0.2, -0.15) is 0 Å². The van der Waals surface area contributed by atoms with Crippen LogP contribution in [0.2, 0.25) is 0 Å². The molecular weight excluding hydrogens is 259 g/mol. The summed E-state index contributed by atoms with van der Waals surface area (Å²) in [6.45, 7) is 1.80. The van der Waals surface area contributed by atoms with E-state index in [0.29, 0.717) is 11.1 Å².